The maximum atomic E-state index is 12.7. The summed E-state index contributed by atoms with van der Waals surface area (Å²) in [5.74, 6) is -0.301. The molecule has 0 spiro atoms. The minimum Gasteiger partial charge on any atom is -0.320 e. The first-order valence-electron chi connectivity index (χ1n) is 8.77. The van der Waals surface area contributed by atoms with E-state index in [9.17, 15) is 13.2 Å². The Bertz CT molecular complexity index is 1090. The third-order valence-corrected chi connectivity index (χ3v) is 5.69. The van der Waals surface area contributed by atoms with Crippen LogP contribution >= 0.6 is 0 Å². The molecule has 3 rings (SSSR count). The molecule has 0 saturated heterocycles. The van der Waals surface area contributed by atoms with Gasteiger partial charge in [0, 0.05) is 12.6 Å². The molecule has 0 unspecified atom stereocenters. The topological polar surface area (TPSA) is 66.5 Å². The first-order chi connectivity index (χ1) is 13.3. The summed E-state index contributed by atoms with van der Waals surface area (Å²) in [6.07, 6.45) is 1.13. The number of carbonyl (C=O) groups is 1. The lowest BCUT2D eigenvalue weighted by molar-refractivity contribution is 0.102. The van der Waals surface area contributed by atoms with Crippen LogP contribution in [0.5, 0.6) is 0 Å². The van der Waals surface area contributed by atoms with Crippen LogP contribution in [0.1, 0.15) is 15.9 Å². The zero-order valence-corrected chi connectivity index (χ0v) is 16.8. The van der Waals surface area contributed by atoms with Crippen LogP contribution in [-0.4, -0.2) is 27.6 Å². The van der Waals surface area contributed by atoms with E-state index in [-0.39, 0.29) is 5.91 Å². The fourth-order valence-corrected chi connectivity index (χ4v) is 3.32. The van der Waals surface area contributed by atoms with E-state index in [2.05, 4.69) is 5.32 Å². The molecule has 6 heteroatoms. The normalized spacial score (nSPS) is 11.1. The number of amides is 1. The highest BCUT2D eigenvalue weighted by Gasteiger charge is 2.18. The third kappa shape index (κ3) is 4.40. The molecule has 0 bridgehead atoms. The summed E-state index contributed by atoms with van der Waals surface area (Å²) in [5.41, 5.74) is 4.34. The number of carbonyl (C=O) groups excluding carboxylic acids is 1. The molecule has 0 saturated carbocycles. The predicted octanol–water partition coefficient (Wildman–Crippen LogP) is 4.31. The minimum atomic E-state index is -3.48. The van der Waals surface area contributed by atoms with Crippen molar-refractivity contribution in [3.8, 4) is 11.1 Å². The average molecular weight is 394 g/mol. The summed E-state index contributed by atoms with van der Waals surface area (Å²) in [6.45, 7) is 2.01. The molecule has 3 aromatic carbocycles. The van der Waals surface area contributed by atoms with Crippen molar-refractivity contribution in [2.45, 2.75) is 6.92 Å². The van der Waals surface area contributed by atoms with E-state index in [4.69, 9.17) is 0 Å². The summed E-state index contributed by atoms with van der Waals surface area (Å²) in [4.78, 5) is 12.7. The van der Waals surface area contributed by atoms with E-state index in [0.29, 0.717) is 16.9 Å². The van der Waals surface area contributed by atoms with E-state index in [1.54, 1.807) is 36.4 Å². The zero-order valence-electron chi connectivity index (χ0n) is 16.0. The van der Waals surface area contributed by atoms with Crippen molar-refractivity contribution in [1.29, 1.82) is 0 Å². The molecule has 0 aliphatic heterocycles. The predicted molar refractivity (Wildman–Crippen MR) is 114 cm³/mol. The maximum Gasteiger partial charge on any atom is 0.255 e. The number of anilines is 2. The highest BCUT2D eigenvalue weighted by Crippen LogP contribution is 2.32. The van der Waals surface area contributed by atoms with Crippen LogP contribution in [0.15, 0.2) is 72.8 Å². The lowest BCUT2D eigenvalue weighted by atomic mass is 10.0. The fraction of sp³-hybridized carbons (Fsp3) is 0.136. The number of aryl methyl sites for hydroxylation is 1. The van der Waals surface area contributed by atoms with Crippen molar-refractivity contribution < 1.29 is 13.2 Å². The summed E-state index contributed by atoms with van der Waals surface area (Å²) < 4.78 is 25.2. The molecular formula is C22H22N2O3S. The van der Waals surface area contributed by atoms with Crippen LogP contribution in [0.25, 0.3) is 11.1 Å². The molecule has 0 heterocycles. The van der Waals surface area contributed by atoms with Gasteiger partial charge < -0.3 is 5.32 Å². The van der Waals surface area contributed by atoms with Crippen LogP contribution < -0.4 is 9.62 Å². The molecule has 0 fully saturated rings. The minimum absolute atomic E-state index is 0.301. The van der Waals surface area contributed by atoms with Crippen LogP contribution in [0.4, 0.5) is 11.4 Å². The Morgan fingerprint density at radius 1 is 0.893 bits per heavy atom. The number of nitrogens with zero attached hydrogens (tertiary/aromatic N) is 1. The van der Waals surface area contributed by atoms with Crippen LogP contribution in [0, 0.1) is 6.92 Å². The van der Waals surface area contributed by atoms with Crippen molar-refractivity contribution in [1.82, 2.24) is 0 Å². The SMILES string of the molecule is Cc1ccc(-c2ccc(N(C)S(C)(=O)=O)c(NC(=O)c3ccccc3)c2)cc1. The Morgan fingerprint density at radius 3 is 2.11 bits per heavy atom. The molecule has 0 aliphatic carbocycles. The monoisotopic (exact) mass is 394 g/mol. The molecule has 0 aliphatic rings. The van der Waals surface area contributed by atoms with Gasteiger partial charge in [-0.05, 0) is 42.3 Å². The van der Waals surface area contributed by atoms with Crippen LogP contribution in [-0.2, 0) is 10.0 Å². The van der Waals surface area contributed by atoms with Gasteiger partial charge in [0.1, 0.15) is 0 Å². The van der Waals surface area contributed by atoms with Gasteiger partial charge in [0.15, 0.2) is 0 Å². The average Bonchev–Trinajstić information content (AvgIpc) is 2.68. The summed E-state index contributed by atoms with van der Waals surface area (Å²) >= 11 is 0. The quantitative estimate of drug-likeness (QED) is 0.701. The van der Waals surface area contributed by atoms with E-state index < -0.39 is 10.0 Å². The van der Waals surface area contributed by atoms with Crippen molar-refractivity contribution in [2.75, 3.05) is 22.9 Å². The van der Waals surface area contributed by atoms with E-state index in [1.807, 2.05) is 43.3 Å². The van der Waals surface area contributed by atoms with Gasteiger partial charge in [0.25, 0.3) is 5.91 Å². The zero-order chi connectivity index (χ0) is 20.3. The summed E-state index contributed by atoms with van der Waals surface area (Å²) in [7, 11) is -2.01. The highest BCUT2D eigenvalue weighted by atomic mass is 32.2. The lowest BCUT2D eigenvalue weighted by Crippen LogP contribution is -2.26. The smallest absolute Gasteiger partial charge is 0.255 e. The first-order valence-corrected chi connectivity index (χ1v) is 10.6. The number of nitrogens with one attached hydrogen (secondary N) is 1. The second-order valence-electron chi connectivity index (χ2n) is 6.65. The molecule has 1 amide bonds. The van der Waals surface area contributed by atoms with E-state index in [1.165, 1.54) is 7.05 Å². The molecule has 1 N–H and O–H groups in total. The molecule has 28 heavy (non-hydrogen) atoms. The third-order valence-electron chi connectivity index (χ3n) is 4.50. The van der Waals surface area contributed by atoms with Gasteiger partial charge in [0.2, 0.25) is 10.0 Å². The fourth-order valence-electron chi connectivity index (χ4n) is 2.80. The Morgan fingerprint density at radius 2 is 1.50 bits per heavy atom. The Balaban J connectivity index is 2.05. The Labute approximate surface area is 165 Å². The lowest BCUT2D eigenvalue weighted by Gasteiger charge is -2.21. The number of hydrogen-bond donors (Lipinski definition) is 1. The van der Waals surface area contributed by atoms with Crippen molar-refractivity contribution in [2.24, 2.45) is 0 Å². The summed E-state index contributed by atoms with van der Waals surface area (Å²) in [5, 5.41) is 2.86. The van der Waals surface area contributed by atoms with E-state index >= 15 is 0 Å². The Kier molecular flexibility index (Phi) is 5.51. The van der Waals surface area contributed by atoms with Gasteiger partial charge in [-0.25, -0.2) is 8.42 Å². The Hall–Kier alpha value is -3.12. The van der Waals surface area contributed by atoms with Gasteiger partial charge in [-0.3, -0.25) is 9.10 Å². The van der Waals surface area contributed by atoms with Gasteiger partial charge >= 0.3 is 0 Å². The molecular weight excluding hydrogens is 372 g/mol. The van der Waals surface area contributed by atoms with Gasteiger partial charge in [-0.1, -0.05) is 54.1 Å². The second-order valence-corrected chi connectivity index (χ2v) is 8.66. The van der Waals surface area contributed by atoms with Crippen molar-refractivity contribution in [3.63, 3.8) is 0 Å². The van der Waals surface area contributed by atoms with Gasteiger partial charge in [0.05, 0.1) is 17.6 Å². The van der Waals surface area contributed by atoms with Crippen LogP contribution in [0.2, 0.25) is 0 Å². The standard InChI is InChI=1S/C22H22N2O3S/c1-16-9-11-17(12-10-16)19-13-14-21(24(2)28(3,26)27)20(15-19)23-22(25)18-7-5-4-6-8-18/h4-15H,1-3H3,(H,23,25). The van der Waals surface area contributed by atoms with E-state index in [0.717, 1.165) is 27.3 Å². The number of rotatable bonds is 5. The van der Waals surface area contributed by atoms with Crippen molar-refractivity contribution in [3.05, 3.63) is 83.9 Å². The van der Waals surface area contributed by atoms with Crippen molar-refractivity contribution >= 4 is 27.3 Å². The number of benzene rings is 3. The van der Waals surface area contributed by atoms with Gasteiger partial charge in [-0.15, -0.1) is 0 Å². The molecule has 3 aromatic rings. The molecule has 144 valence electrons. The molecule has 0 aromatic heterocycles. The first kappa shape index (κ1) is 19.6. The number of hydrogen-bond acceptors (Lipinski definition) is 3. The van der Waals surface area contributed by atoms with Crippen LogP contribution in [0.3, 0.4) is 0 Å². The molecule has 5 nitrogen and oxygen atoms in total. The largest absolute Gasteiger partial charge is 0.320 e. The summed E-state index contributed by atoms with van der Waals surface area (Å²) in [6, 6.07) is 22.2. The highest BCUT2D eigenvalue weighted by molar-refractivity contribution is 7.92. The number of sulfonamides is 1. The second kappa shape index (κ2) is 7.86. The molecule has 0 radical (unpaired) electrons. The van der Waals surface area contributed by atoms with Gasteiger partial charge in [-0.2, -0.15) is 0 Å². The molecule has 0 atom stereocenters. The maximum absolute atomic E-state index is 12.7.